The number of aliphatic hydroxyl groups is 1. The van der Waals surface area contributed by atoms with Gasteiger partial charge in [0.1, 0.15) is 6.61 Å². The summed E-state index contributed by atoms with van der Waals surface area (Å²) in [4.78, 5) is 7.98. The molecule has 0 bridgehead atoms. The summed E-state index contributed by atoms with van der Waals surface area (Å²) in [5.41, 5.74) is 1.27. The number of halogens is 2. The molecule has 0 amide bonds. The minimum atomic E-state index is -0.156. The summed E-state index contributed by atoms with van der Waals surface area (Å²) in [5.74, 6) is 0.571. The van der Waals surface area contributed by atoms with Crippen LogP contribution in [0.2, 0.25) is 10.0 Å². The van der Waals surface area contributed by atoms with E-state index < -0.39 is 0 Å². The van der Waals surface area contributed by atoms with Crippen LogP contribution < -0.4 is 9.47 Å². The van der Waals surface area contributed by atoms with Crippen LogP contribution >= 0.6 is 23.2 Å². The summed E-state index contributed by atoms with van der Waals surface area (Å²) in [6.45, 7) is -0.0777. The molecule has 0 aliphatic heterocycles. The molecular weight excluding hydrogens is 353 g/mol. The van der Waals surface area contributed by atoms with Gasteiger partial charge in [-0.15, -0.1) is 0 Å². The van der Waals surface area contributed by atoms with Crippen molar-refractivity contribution in [3.63, 3.8) is 0 Å². The van der Waals surface area contributed by atoms with Gasteiger partial charge in [0.15, 0.2) is 5.75 Å². The molecule has 124 valence electrons. The summed E-state index contributed by atoms with van der Waals surface area (Å²) < 4.78 is 10.5. The Hall–Kier alpha value is -2.33. The minimum Gasteiger partial charge on any atom is -0.486 e. The van der Waals surface area contributed by atoms with Crippen LogP contribution in [-0.2, 0) is 0 Å². The standard InChI is InChI=1S/C16H13Cl2N3O3/c1-23-16-15(24-3-2-22)5-11(7-21-16)10(6-19)4-12-13(17)8-20-9-14(12)18/h4-5,7-9,22H,2-3H2,1H3/b10-4+. The molecule has 2 aromatic rings. The fourth-order valence-corrected chi connectivity index (χ4v) is 2.35. The molecule has 1 N–H and O–H groups in total. The van der Waals surface area contributed by atoms with Crippen LogP contribution in [0.5, 0.6) is 11.6 Å². The summed E-state index contributed by atoms with van der Waals surface area (Å²) >= 11 is 12.2. The Bertz CT molecular complexity index is 783. The van der Waals surface area contributed by atoms with Crippen LogP contribution in [0.4, 0.5) is 0 Å². The molecule has 0 spiro atoms. The van der Waals surface area contributed by atoms with Crippen molar-refractivity contribution < 1.29 is 14.6 Å². The lowest BCUT2D eigenvalue weighted by molar-refractivity contribution is 0.195. The van der Waals surface area contributed by atoms with Gasteiger partial charge in [0.05, 0.1) is 35.4 Å². The molecule has 6 nitrogen and oxygen atoms in total. The predicted molar refractivity (Wildman–Crippen MR) is 91.1 cm³/mol. The van der Waals surface area contributed by atoms with E-state index in [0.29, 0.717) is 26.9 Å². The highest BCUT2D eigenvalue weighted by atomic mass is 35.5. The van der Waals surface area contributed by atoms with Gasteiger partial charge in [-0.05, 0) is 12.1 Å². The number of hydrogen-bond acceptors (Lipinski definition) is 6. The first-order valence-electron chi connectivity index (χ1n) is 6.79. The number of rotatable bonds is 6. The summed E-state index contributed by atoms with van der Waals surface area (Å²) in [5, 5.41) is 19.0. The minimum absolute atomic E-state index is 0.0785. The number of nitrogens with zero attached hydrogens (tertiary/aromatic N) is 3. The number of allylic oxidation sites excluding steroid dienone is 1. The normalized spacial score (nSPS) is 11.0. The van der Waals surface area contributed by atoms with E-state index in [1.54, 1.807) is 12.1 Å². The van der Waals surface area contributed by atoms with Crippen molar-refractivity contribution in [1.29, 1.82) is 5.26 Å². The summed E-state index contributed by atoms with van der Waals surface area (Å²) in [6, 6.07) is 3.68. The highest BCUT2D eigenvalue weighted by Gasteiger charge is 2.12. The monoisotopic (exact) mass is 365 g/mol. The van der Waals surface area contributed by atoms with E-state index in [-0.39, 0.29) is 24.7 Å². The molecule has 8 heteroatoms. The maximum Gasteiger partial charge on any atom is 0.256 e. The quantitative estimate of drug-likeness (QED) is 0.790. The zero-order chi connectivity index (χ0) is 17.5. The van der Waals surface area contributed by atoms with Gasteiger partial charge in [-0.1, -0.05) is 23.2 Å². The second kappa shape index (κ2) is 8.50. The average Bonchev–Trinajstić information content (AvgIpc) is 2.59. The van der Waals surface area contributed by atoms with Crippen LogP contribution in [0.15, 0.2) is 24.7 Å². The van der Waals surface area contributed by atoms with Gasteiger partial charge in [-0.3, -0.25) is 4.98 Å². The lowest BCUT2D eigenvalue weighted by Crippen LogP contribution is -2.04. The third-order valence-electron chi connectivity index (χ3n) is 2.97. The molecule has 0 radical (unpaired) electrons. The summed E-state index contributed by atoms with van der Waals surface area (Å²) in [7, 11) is 1.45. The van der Waals surface area contributed by atoms with Gasteiger partial charge in [-0.25, -0.2) is 4.98 Å². The number of methoxy groups -OCH3 is 1. The molecule has 2 rings (SSSR count). The zero-order valence-electron chi connectivity index (χ0n) is 12.7. The van der Waals surface area contributed by atoms with E-state index in [1.807, 2.05) is 0 Å². The van der Waals surface area contributed by atoms with Crippen molar-refractivity contribution >= 4 is 34.9 Å². The van der Waals surface area contributed by atoms with Crippen molar-refractivity contribution in [1.82, 2.24) is 9.97 Å². The van der Waals surface area contributed by atoms with Crippen molar-refractivity contribution in [3.8, 4) is 17.7 Å². The highest BCUT2D eigenvalue weighted by molar-refractivity contribution is 6.37. The molecule has 0 saturated carbocycles. The molecule has 0 aromatic carbocycles. The maximum absolute atomic E-state index is 9.46. The Labute approximate surface area is 148 Å². The van der Waals surface area contributed by atoms with Crippen molar-refractivity contribution in [2.45, 2.75) is 0 Å². The Morgan fingerprint density at radius 3 is 2.62 bits per heavy atom. The van der Waals surface area contributed by atoms with Gasteiger partial charge < -0.3 is 14.6 Å². The molecule has 0 saturated heterocycles. The molecule has 0 unspecified atom stereocenters. The van der Waals surface area contributed by atoms with Crippen LogP contribution in [0.25, 0.3) is 11.6 Å². The average molecular weight is 366 g/mol. The SMILES string of the molecule is COc1ncc(/C(C#N)=C/c2c(Cl)cncc2Cl)cc1OCCO. The van der Waals surface area contributed by atoms with Crippen LogP contribution in [0.3, 0.4) is 0 Å². The van der Waals surface area contributed by atoms with Crippen molar-refractivity contribution in [3.05, 3.63) is 45.8 Å². The van der Waals surface area contributed by atoms with Gasteiger partial charge in [0.2, 0.25) is 0 Å². The smallest absolute Gasteiger partial charge is 0.256 e. The van der Waals surface area contributed by atoms with Crippen LogP contribution in [-0.4, -0.2) is 35.4 Å². The second-order valence-corrected chi connectivity index (χ2v) is 5.30. The third kappa shape index (κ3) is 4.15. The lowest BCUT2D eigenvalue weighted by Gasteiger charge is -2.10. The Morgan fingerprint density at radius 2 is 2.04 bits per heavy atom. The number of aliphatic hydroxyl groups excluding tert-OH is 1. The largest absolute Gasteiger partial charge is 0.486 e. The molecule has 2 aromatic heterocycles. The number of ether oxygens (including phenoxy) is 2. The maximum atomic E-state index is 9.46. The van der Waals surface area contributed by atoms with E-state index in [4.69, 9.17) is 37.8 Å². The first-order valence-corrected chi connectivity index (χ1v) is 7.55. The van der Waals surface area contributed by atoms with E-state index in [1.165, 1.54) is 25.7 Å². The number of aromatic nitrogens is 2. The fourth-order valence-electron chi connectivity index (χ4n) is 1.88. The van der Waals surface area contributed by atoms with E-state index in [9.17, 15) is 5.26 Å². The Morgan fingerprint density at radius 1 is 1.33 bits per heavy atom. The van der Waals surface area contributed by atoms with Crippen molar-refractivity contribution in [2.24, 2.45) is 0 Å². The molecular formula is C16H13Cl2N3O3. The fraction of sp³-hybridized carbons (Fsp3) is 0.188. The van der Waals surface area contributed by atoms with Gasteiger partial charge in [0.25, 0.3) is 5.88 Å². The number of hydrogen-bond donors (Lipinski definition) is 1. The highest BCUT2D eigenvalue weighted by Crippen LogP contribution is 2.31. The Kier molecular flexibility index (Phi) is 6.38. The van der Waals surface area contributed by atoms with E-state index in [0.717, 1.165) is 0 Å². The predicted octanol–water partition coefficient (Wildman–Crippen LogP) is 3.23. The van der Waals surface area contributed by atoms with Crippen molar-refractivity contribution in [2.75, 3.05) is 20.3 Å². The zero-order valence-corrected chi connectivity index (χ0v) is 14.2. The molecule has 0 aliphatic carbocycles. The topological polar surface area (TPSA) is 88.3 Å². The Balaban J connectivity index is 2.48. The summed E-state index contributed by atoms with van der Waals surface area (Å²) in [6.07, 6.45) is 5.90. The lowest BCUT2D eigenvalue weighted by atomic mass is 10.1. The van der Waals surface area contributed by atoms with Crippen LogP contribution in [0.1, 0.15) is 11.1 Å². The van der Waals surface area contributed by atoms with Gasteiger partial charge in [0, 0.05) is 29.7 Å². The van der Waals surface area contributed by atoms with Gasteiger partial charge >= 0.3 is 0 Å². The molecule has 0 atom stereocenters. The van der Waals surface area contributed by atoms with E-state index >= 15 is 0 Å². The molecule has 24 heavy (non-hydrogen) atoms. The first-order chi connectivity index (χ1) is 11.6. The molecule has 0 aliphatic rings. The van der Waals surface area contributed by atoms with Gasteiger partial charge in [-0.2, -0.15) is 5.26 Å². The number of nitriles is 1. The van der Waals surface area contributed by atoms with Crippen LogP contribution in [0, 0.1) is 11.3 Å². The second-order valence-electron chi connectivity index (χ2n) is 4.49. The molecule has 2 heterocycles. The molecule has 0 fully saturated rings. The first kappa shape index (κ1) is 18.0. The van der Waals surface area contributed by atoms with E-state index in [2.05, 4.69) is 16.0 Å². The number of pyridine rings is 2. The third-order valence-corrected chi connectivity index (χ3v) is 3.57.